The molecule has 1 aliphatic rings. The van der Waals surface area contributed by atoms with Gasteiger partial charge >= 0.3 is 0 Å². The molecule has 7 nitrogen and oxygen atoms in total. The van der Waals surface area contributed by atoms with Gasteiger partial charge in [0.2, 0.25) is 0 Å². The molecular formula is C20H26N6O. The fourth-order valence-electron chi connectivity index (χ4n) is 3.92. The van der Waals surface area contributed by atoms with E-state index in [1.807, 2.05) is 36.7 Å². The van der Waals surface area contributed by atoms with E-state index in [0.717, 1.165) is 60.3 Å². The molecule has 0 spiro atoms. The van der Waals surface area contributed by atoms with Crippen molar-refractivity contribution in [3.8, 4) is 11.4 Å². The third kappa shape index (κ3) is 3.37. The molecule has 7 heteroatoms. The van der Waals surface area contributed by atoms with Crippen LogP contribution in [0, 0.1) is 13.8 Å². The number of nitrogens with zero attached hydrogens (tertiary/aromatic N) is 4. The summed E-state index contributed by atoms with van der Waals surface area (Å²) in [5.41, 5.74) is 10.0. The van der Waals surface area contributed by atoms with E-state index in [9.17, 15) is 0 Å². The fraction of sp³-hybridized carbons (Fsp3) is 0.400. The highest BCUT2D eigenvalue weighted by Crippen LogP contribution is 2.33. The average Bonchev–Trinajstić information content (AvgIpc) is 3.23. The molecule has 0 amide bonds. The third-order valence-corrected chi connectivity index (χ3v) is 5.26. The lowest BCUT2D eigenvalue weighted by Gasteiger charge is -2.33. The zero-order valence-electron chi connectivity index (χ0n) is 16.1. The minimum absolute atomic E-state index is 0.448. The van der Waals surface area contributed by atoms with Crippen LogP contribution in [-0.4, -0.2) is 39.9 Å². The van der Waals surface area contributed by atoms with Crippen LogP contribution in [-0.2, 0) is 0 Å². The number of nitrogens with two attached hydrogens (primary N) is 1. The molecule has 1 aromatic carbocycles. The van der Waals surface area contributed by atoms with E-state index >= 15 is 0 Å². The SMILES string of the molecule is COc1cccc(-n2nc(C)cc2N2CCC(c3nc(N)[nH]c3C)CC2)c1. The number of aromatic nitrogens is 4. The van der Waals surface area contributed by atoms with Crippen molar-refractivity contribution in [2.24, 2.45) is 0 Å². The van der Waals surface area contributed by atoms with Gasteiger partial charge in [0.05, 0.1) is 24.2 Å². The van der Waals surface area contributed by atoms with E-state index in [0.29, 0.717) is 11.9 Å². The Labute approximate surface area is 159 Å². The minimum atomic E-state index is 0.448. The van der Waals surface area contributed by atoms with E-state index in [4.69, 9.17) is 15.6 Å². The molecule has 2 aromatic heterocycles. The predicted molar refractivity (Wildman–Crippen MR) is 107 cm³/mol. The van der Waals surface area contributed by atoms with Gasteiger partial charge in [0, 0.05) is 36.8 Å². The van der Waals surface area contributed by atoms with Crippen molar-refractivity contribution in [1.29, 1.82) is 0 Å². The predicted octanol–water partition coefficient (Wildman–Crippen LogP) is 3.19. The zero-order valence-corrected chi connectivity index (χ0v) is 16.1. The van der Waals surface area contributed by atoms with Gasteiger partial charge in [0.15, 0.2) is 5.95 Å². The first-order valence-corrected chi connectivity index (χ1v) is 9.33. The van der Waals surface area contributed by atoms with Gasteiger partial charge in [-0.25, -0.2) is 9.67 Å². The van der Waals surface area contributed by atoms with Gasteiger partial charge in [-0.05, 0) is 38.8 Å². The number of H-pyrrole nitrogens is 1. The van der Waals surface area contributed by atoms with E-state index in [1.165, 1.54) is 0 Å². The molecule has 27 heavy (non-hydrogen) atoms. The number of anilines is 2. The molecule has 3 aromatic rings. The number of aromatic amines is 1. The lowest BCUT2D eigenvalue weighted by atomic mass is 9.92. The van der Waals surface area contributed by atoms with Crippen LogP contribution in [0.3, 0.4) is 0 Å². The van der Waals surface area contributed by atoms with Gasteiger partial charge in [-0.1, -0.05) is 6.07 Å². The molecule has 0 saturated carbocycles. The van der Waals surface area contributed by atoms with Crippen molar-refractivity contribution in [1.82, 2.24) is 19.7 Å². The summed E-state index contributed by atoms with van der Waals surface area (Å²) in [5.74, 6) is 2.91. The summed E-state index contributed by atoms with van der Waals surface area (Å²) >= 11 is 0. The lowest BCUT2D eigenvalue weighted by Crippen LogP contribution is -2.34. The van der Waals surface area contributed by atoms with Crippen molar-refractivity contribution in [3.63, 3.8) is 0 Å². The van der Waals surface area contributed by atoms with Crippen LogP contribution < -0.4 is 15.4 Å². The Balaban J connectivity index is 1.56. The maximum Gasteiger partial charge on any atom is 0.197 e. The molecule has 3 N–H and O–H groups in total. The van der Waals surface area contributed by atoms with Crippen molar-refractivity contribution in [3.05, 3.63) is 47.4 Å². The first-order valence-electron chi connectivity index (χ1n) is 9.33. The second kappa shape index (κ2) is 6.98. The zero-order chi connectivity index (χ0) is 19.0. The molecule has 1 aliphatic heterocycles. The number of hydrogen-bond donors (Lipinski definition) is 2. The van der Waals surface area contributed by atoms with Gasteiger partial charge in [-0.2, -0.15) is 5.10 Å². The number of nitrogens with one attached hydrogen (secondary N) is 1. The largest absolute Gasteiger partial charge is 0.497 e. The van der Waals surface area contributed by atoms with Crippen LogP contribution >= 0.6 is 0 Å². The number of ether oxygens (including phenoxy) is 1. The number of methoxy groups -OCH3 is 1. The number of benzene rings is 1. The minimum Gasteiger partial charge on any atom is -0.497 e. The molecule has 0 atom stereocenters. The maximum absolute atomic E-state index is 5.82. The summed E-state index contributed by atoms with van der Waals surface area (Å²) in [4.78, 5) is 10.0. The molecule has 0 unspecified atom stereocenters. The van der Waals surface area contributed by atoms with Gasteiger partial charge in [0.25, 0.3) is 0 Å². The first-order chi connectivity index (χ1) is 13.0. The number of imidazole rings is 1. The van der Waals surface area contributed by atoms with Crippen molar-refractivity contribution < 1.29 is 4.74 Å². The molecule has 1 fully saturated rings. The smallest absolute Gasteiger partial charge is 0.197 e. The van der Waals surface area contributed by atoms with E-state index in [2.05, 4.69) is 27.0 Å². The summed E-state index contributed by atoms with van der Waals surface area (Å²) < 4.78 is 7.38. The summed E-state index contributed by atoms with van der Waals surface area (Å²) in [6.45, 7) is 6.01. The van der Waals surface area contributed by atoms with Gasteiger partial charge in [-0.15, -0.1) is 0 Å². The number of aryl methyl sites for hydroxylation is 2. The first kappa shape index (κ1) is 17.5. The lowest BCUT2D eigenvalue weighted by molar-refractivity contribution is 0.414. The van der Waals surface area contributed by atoms with Crippen LogP contribution in [0.2, 0.25) is 0 Å². The topological polar surface area (TPSA) is 85.0 Å². The van der Waals surface area contributed by atoms with Gasteiger partial charge in [-0.3, -0.25) is 0 Å². The second-order valence-electron chi connectivity index (χ2n) is 7.15. The van der Waals surface area contributed by atoms with Crippen molar-refractivity contribution in [2.75, 3.05) is 30.8 Å². The molecule has 142 valence electrons. The monoisotopic (exact) mass is 366 g/mol. The molecule has 1 saturated heterocycles. The number of hydrogen-bond acceptors (Lipinski definition) is 5. The quantitative estimate of drug-likeness (QED) is 0.741. The number of nitrogen functional groups attached to an aromatic ring is 1. The molecule has 0 radical (unpaired) electrons. The second-order valence-corrected chi connectivity index (χ2v) is 7.15. The van der Waals surface area contributed by atoms with Crippen LogP contribution in [0.5, 0.6) is 5.75 Å². The third-order valence-electron chi connectivity index (χ3n) is 5.26. The summed E-state index contributed by atoms with van der Waals surface area (Å²) in [6, 6.07) is 10.2. The Kier molecular flexibility index (Phi) is 4.51. The molecule has 0 bridgehead atoms. The highest BCUT2D eigenvalue weighted by Gasteiger charge is 2.26. The number of rotatable bonds is 4. The highest BCUT2D eigenvalue weighted by molar-refractivity contribution is 5.50. The van der Waals surface area contributed by atoms with Gasteiger partial charge < -0.3 is 20.4 Å². The number of piperidine rings is 1. The summed E-state index contributed by atoms with van der Waals surface area (Å²) in [5, 5.41) is 4.71. The van der Waals surface area contributed by atoms with Crippen LogP contribution in [0.15, 0.2) is 30.3 Å². The van der Waals surface area contributed by atoms with Crippen LogP contribution in [0.4, 0.5) is 11.8 Å². The Hall–Kier alpha value is -2.96. The standard InChI is InChI=1S/C20H26N6O/c1-13-11-18(26(24-13)16-5-4-6-17(12-16)27-3)25-9-7-15(8-10-25)19-14(2)22-20(21)23-19/h4-6,11-12,15H,7-10H2,1-3H3,(H3,21,22,23). The Morgan fingerprint density at radius 3 is 2.63 bits per heavy atom. The van der Waals surface area contributed by atoms with Crippen molar-refractivity contribution in [2.45, 2.75) is 32.6 Å². The van der Waals surface area contributed by atoms with Crippen LogP contribution in [0.25, 0.3) is 5.69 Å². The van der Waals surface area contributed by atoms with E-state index < -0.39 is 0 Å². The average molecular weight is 366 g/mol. The van der Waals surface area contributed by atoms with Gasteiger partial charge in [0.1, 0.15) is 11.6 Å². The highest BCUT2D eigenvalue weighted by atomic mass is 16.5. The molecular weight excluding hydrogens is 340 g/mol. The molecule has 0 aliphatic carbocycles. The van der Waals surface area contributed by atoms with Crippen LogP contribution in [0.1, 0.15) is 35.8 Å². The fourth-order valence-corrected chi connectivity index (χ4v) is 3.92. The Bertz CT molecular complexity index is 936. The van der Waals surface area contributed by atoms with E-state index in [1.54, 1.807) is 7.11 Å². The van der Waals surface area contributed by atoms with E-state index in [-0.39, 0.29) is 0 Å². The van der Waals surface area contributed by atoms with Crippen molar-refractivity contribution >= 4 is 11.8 Å². The normalized spacial score (nSPS) is 15.3. The summed E-state index contributed by atoms with van der Waals surface area (Å²) in [7, 11) is 1.68. The maximum atomic E-state index is 5.82. The molecule has 4 rings (SSSR count). The summed E-state index contributed by atoms with van der Waals surface area (Å²) in [6.07, 6.45) is 2.10. The molecule has 3 heterocycles. The Morgan fingerprint density at radius 1 is 1.19 bits per heavy atom. The Morgan fingerprint density at radius 2 is 1.96 bits per heavy atom.